The number of ether oxygens (including phenoxy) is 1. The number of nitrogens with zero attached hydrogens (tertiary/aromatic N) is 1. The Bertz CT molecular complexity index is 774. The highest BCUT2D eigenvalue weighted by Gasteiger charge is 2.23. The number of benzene rings is 2. The van der Waals surface area contributed by atoms with Crippen molar-refractivity contribution in [1.29, 1.82) is 0 Å². The lowest BCUT2D eigenvalue weighted by molar-refractivity contribution is -0.119. The van der Waals surface area contributed by atoms with Crippen LogP contribution in [0.5, 0.6) is 0 Å². The summed E-state index contributed by atoms with van der Waals surface area (Å²) >= 11 is 0. The van der Waals surface area contributed by atoms with Gasteiger partial charge in [-0.3, -0.25) is 9.10 Å². The number of para-hydroxylation sites is 1. The van der Waals surface area contributed by atoms with Crippen molar-refractivity contribution in [3.8, 4) is 0 Å². The van der Waals surface area contributed by atoms with Gasteiger partial charge >= 0.3 is 0 Å². The van der Waals surface area contributed by atoms with Crippen LogP contribution in [0.2, 0.25) is 0 Å². The summed E-state index contributed by atoms with van der Waals surface area (Å²) in [5.74, 6) is -0.299. The molecule has 128 valence electrons. The van der Waals surface area contributed by atoms with Crippen molar-refractivity contribution in [2.45, 2.75) is 11.8 Å². The molecule has 0 saturated heterocycles. The van der Waals surface area contributed by atoms with Gasteiger partial charge in [-0.15, -0.1) is 0 Å². The molecule has 0 radical (unpaired) electrons. The van der Waals surface area contributed by atoms with Gasteiger partial charge in [0.1, 0.15) is 6.61 Å². The third kappa shape index (κ3) is 4.12. The van der Waals surface area contributed by atoms with Gasteiger partial charge in [-0.25, -0.2) is 8.42 Å². The van der Waals surface area contributed by atoms with Crippen molar-refractivity contribution in [2.75, 3.05) is 29.9 Å². The summed E-state index contributed by atoms with van der Waals surface area (Å²) in [6, 6.07) is 15.0. The molecule has 0 bridgehead atoms. The van der Waals surface area contributed by atoms with Gasteiger partial charge in [-0.2, -0.15) is 0 Å². The van der Waals surface area contributed by atoms with Gasteiger partial charge in [0.2, 0.25) is 5.91 Å². The van der Waals surface area contributed by atoms with Crippen LogP contribution in [0.15, 0.2) is 59.5 Å². The summed E-state index contributed by atoms with van der Waals surface area (Å²) in [5, 5.41) is 2.62. The average molecular weight is 348 g/mol. The Balaban J connectivity index is 2.24. The molecule has 0 aliphatic carbocycles. The predicted octanol–water partition coefficient (Wildman–Crippen LogP) is 2.49. The molecule has 7 heteroatoms. The van der Waals surface area contributed by atoms with Gasteiger partial charge in [-0.05, 0) is 43.3 Å². The van der Waals surface area contributed by atoms with E-state index in [2.05, 4.69) is 5.32 Å². The number of carbonyl (C=O) groups excluding carboxylic acids is 1. The molecule has 6 nitrogen and oxygen atoms in total. The minimum atomic E-state index is -3.66. The maximum atomic E-state index is 12.8. The van der Waals surface area contributed by atoms with Crippen LogP contribution in [-0.2, 0) is 19.6 Å². The second-order valence-corrected chi connectivity index (χ2v) is 6.87. The number of anilines is 2. The Kier molecular flexibility index (Phi) is 5.94. The van der Waals surface area contributed by atoms with Crippen molar-refractivity contribution in [3.05, 3.63) is 54.6 Å². The van der Waals surface area contributed by atoms with E-state index in [1.54, 1.807) is 43.3 Å². The Morgan fingerprint density at radius 3 is 2.25 bits per heavy atom. The zero-order valence-corrected chi connectivity index (χ0v) is 14.4. The molecule has 24 heavy (non-hydrogen) atoms. The predicted molar refractivity (Wildman–Crippen MR) is 93.6 cm³/mol. The molecule has 0 aromatic heterocycles. The molecule has 0 unspecified atom stereocenters. The fourth-order valence-corrected chi connectivity index (χ4v) is 3.72. The molecular formula is C17H20N2O4S. The topological polar surface area (TPSA) is 75.7 Å². The van der Waals surface area contributed by atoms with Gasteiger partial charge in [0.25, 0.3) is 10.0 Å². The molecule has 1 amide bonds. The first-order valence-corrected chi connectivity index (χ1v) is 8.89. The number of nitrogens with one attached hydrogen (secondary N) is 1. The quantitative estimate of drug-likeness (QED) is 0.834. The monoisotopic (exact) mass is 348 g/mol. The molecule has 2 aromatic rings. The van der Waals surface area contributed by atoms with Crippen LogP contribution < -0.4 is 9.62 Å². The summed E-state index contributed by atoms with van der Waals surface area (Å²) in [7, 11) is -2.23. The second kappa shape index (κ2) is 7.94. The lowest BCUT2D eigenvalue weighted by atomic mass is 10.3. The largest absolute Gasteiger partial charge is 0.375 e. The zero-order chi connectivity index (χ0) is 17.6. The minimum Gasteiger partial charge on any atom is -0.375 e. The molecule has 0 fully saturated rings. The summed E-state index contributed by atoms with van der Waals surface area (Å²) in [5.41, 5.74) is 1.12. The molecule has 2 aromatic carbocycles. The van der Waals surface area contributed by atoms with E-state index in [-0.39, 0.29) is 17.4 Å². The first-order valence-electron chi connectivity index (χ1n) is 7.45. The summed E-state index contributed by atoms with van der Waals surface area (Å²) < 4.78 is 31.7. The van der Waals surface area contributed by atoms with Crippen LogP contribution in [0.4, 0.5) is 11.4 Å². The highest BCUT2D eigenvalue weighted by atomic mass is 32.2. The van der Waals surface area contributed by atoms with Gasteiger partial charge < -0.3 is 10.1 Å². The van der Waals surface area contributed by atoms with E-state index in [0.717, 1.165) is 0 Å². The molecule has 0 aliphatic rings. The summed E-state index contributed by atoms with van der Waals surface area (Å²) in [6.45, 7) is 2.04. The molecule has 0 heterocycles. The molecule has 0 saturated carbocycles. The van der Waals surface area contributed by atoms with E-state index >= 15 is 0 Å². The maximum absolute atomic E-state index is 12.8. The van der Waals surface area contributed by atoms with E-state index in [4.69, 9.17) is 4.74 Å². The van der Waals surface area contributed by atoms with Crippen molar-refractivity contribution in [2.24, 2.45) is 0 Å². The van der Waals surface area contributed by atoms with E-state index in [9.17, 15) is 13.2 Å². The van der Waals surface area contributed by atoms with Crippen molar-refractivity contribution in [1.82, 2.24) is 0 Å². The number of methoxy groups -OCH3 is 1. The first kappa shape index (κ1) is 18.0. The Morgan fingerprint density at radius 1 is 1.08 bits per heavy atom. The molecular weight excluding hydrogens is 328 g/mol. The Morgan fingerprint density at radius 2 is 1.71 bits per heavy atom. The standard InChI is InChI=1S/C17H20N2O4S/c1-3-19(15-7-5-4-6-8-15)24(21,22)16-11-9-14(10-12-16)18-17(20)13-23-2/h4-12H,3,13H2,1-2H3,(H,18,20). The average Bonchev–Trinajstić information content (AvgIpc) is 2.57. The van der Waals surface area contributed by atoms with Gasteiger partial charge in [0.05, 0.1) is 10.6 Å². The first-order chi connectivity index (χ1) is 11.5. The SMILES string of the molecule is CCN(c1ccccc1)S(=O)(=O)c1ccc(NC(=O)COC)cc1. The van der Waals surface area contributed by atoms with Crippen molar-refractivity contribution in [3.63, 3.8) is 0 Å². The van der Waals surface area contributed by atoms with Gasteiger partial charge in [0, 0.05) is 19.3 Å². The van der Waals surface area contributed by atoms with Crippen molar-refractivity contribution < 1.29 is 17.9 Å². The summed E-state index contributed by atoms with van der Waals surface area (Å²) in [4.78, 5) is 11.6. The lowest BCUT2D eigenvalue weighted by Crippen LogP contribution is -2.30. The molecule has 0 spiro atoms. The van der Waals surface area contributed by atoms with Gasteiger partial charge in [0.15, 0.2) is 0 Å². The van der Waals surface area contributed by atoms with E-state index in [1.807, 2.05) is 6.07 Å². The number of carbonyl (C=O) groups is 1. The molecule has 0 aliphatic heterocycles. The third-order valence-corrected chi connectivity index (χ3v) is 5.25. The van der Waals surface area contributed by atoms with E-state index in [1.165, 1.54) is 23.5 Å². The van der Waals surface area contributed by atoms with Crippen LogP contribution in [-0.4, -0.2) is 34.6 Å². The molecule has 0 atom stereocenters. The lowest BCUT2D eigenvalue weighted by Gasteiger charge is -2.23. The normalized spacial score (nSPS) is 11.1. The highest BCUT2D eigenvalue weighted by Crippen LogP contribution is 2.24. The minimum absolute atomic E-state index is 0.0579. The molecule has 2 rings (SSSR count). The fraction of sp³-hybridized carbons (Fsp3) is 0.235. The smallest absolute Gasteiger partial charge is 0.264 e. The molecule has 1 N–H and O–H groups in total. The zero-order valence-electron chi connectivity index (χ0n) is 13.6. The van der Waals surface area contributed by atoms with E-state index in [0.29, 0.717) is 17.9 Å². The van der Waals surface area contributed by atoms with Crippen LogP contribution >= 0.6 is 0 Å². The van der Waals surface area contributed by atoms with Crippen molar-refractivity contribution >= 4 is 27.3 Å². The van der Waals surface area contributed by atoms with E-state index < -0.39 is 10.0 Å². The Labute approximate surface area is 142 Å². The van der Waals surface area contributed by atoms with Crippen LogP contribution in [0.1, 0.15) is 6.92 Å². The Hall–Kier alpha value is -2.38. The second-order valence-electron chi connectivity index (χ2n) is 5.01. The number of hydrogen-bond donors (Lipinski definition) is 1. The van der Waals surface area contributed by atoms with Crippen LogP contribution in [0.25, 0.3) is 0 Å². The number of sulfonamides is 1. The summed E-state index contributed by atoms with van der Waals surface area (Å²) in [6.07, 6.45) is 0. The highest BCUT2D eigenvalue weighted by molar-refractivity contribution is 7.92. The third-order valence-electron chi connectivity index (χ3n) is 3.33. The number of hydrogen-bond acceptors (Lipinski definition) is 4. The number of rotatable bonds is 7. The number of amides is 1. The fourth-order valence-electron chi connectivity index (χ4n) is 2.25. The maximum Gasteiger partial charge on any atom is 0.264 e. The van der Waals surface area contributed by atoms with Crippen LogP contribution in [0.3, 0.4) is 0 Å². The van der Waals surface area contributed by atoms with Crippen LogP contribution in [0, 0.1) is 0 Å². The van der Waals surface area contributed by atoms with Gasteiger partial charge in [-0.1, -0.05) is 18.2 Å².